The van der Waals surface area contributed by atoms with Crippen molar-refractivity contribution in [1.82, 2.24) is 0 Å². The largest absolute Gasteiger partial charge is 0.513 e. The third kappa shape index (κ3) is 9.52. The summed E-state index contributed by atoms with van der Waals surface area (Å²) in [5, 5.41) is 8.50. The van der Waals surface area contributed by atoms with Gasteiger partial charge in [0.15, 0.2) is 0 Å². The van der Waals surface area contributed by atoms with Gasteiger partial charge in [-0.05, 0) is 6.92 Å². The number of rotatable bonds is 1. The second kappa shape index (κ2) is 5.37. The fourth-order valence-electron chi connectivity index (χ4n) is 0.380. The molecule has 47 valence electrons. The van der Waals surface area contributed by atoms with Crippen LogP contribution in [0.25, 0.3) is 0 Å². The molecule has 0 aromatic carbocycles. The fourth-order valence-corrected chi connectivity index (χ4v) is 0.380. The van der Waals surface area contributed by atoms with Crippen LogP contribution in [0.5, 0.6) is 0 Å². The van der Waals surface area contributed by atoms with Gasteiger partial charge in [-0.15, -0.1) is 0 Å². The van der Waals surface area contributed by atoms with Crippen molar-refractivity contribution >= 4 is 7.85 Å². The summed E-state index contributed by atoms with van der Waals surface area (Å²) in [6.45, 7) is 3.41. The Morgan fingerprint density at radius 2 is 2.12 bits per heavy atom. The second-order valence-corrected chi connectivity index (χ2v) is 1.67. The van der Waals surface area contributed by atoms with Crippen molar-refractivity contribution < 1.29 is 24.6 Å². The van der Waals surface area contributed by atoms with Crippen LogP contribution in [0.3, 0.4) is 0 Å². The van der Waals surface area contributed by atoms with E-state index in [2.05, 4.69) is 0 Å². The van der Waals surface area contributed by atoms with Gasteiger partial charge in [-0.25, -0.2) is 0 Å². The Morgan fingerprint density at radius 3 is 2.12 bits per heavy atom. The van der Waals surface area contributed by atoms with E-state index in [4.69, 9.17) is 13.0 Å². The SMILES string of the molecule is [B]C(C)/C=C(/C)O.[Rh]. The molecule has 0 aliphatic carbocycles. The third-order valence-electron chi connectivity index (χ3n) is 0.504. The average molecular weight is 199 g/mol. The topological polar surface area (TPSA) is 20.2 Å². The number of aliphatic hydroxyl groups is 1. The maximum absolute atomic E-state index is 8.50. The second-order valence-electron chi connectivity index (χ2n) is 1.67. The fraction of sp³-hybridized carbons (Fsp3) is 0.600. The molecule has 1 N–H and O–H groups in total. The van der Waals surface area contributed by atoms with Gasteiger partial charge in [0.05, 0.1) is 13.6 Å². The zero-order valence-electron chi connectivity index (χ0n) is 5.01. The first kappa shape index (κ1) is 11.1. The van der Waals surface area contributed by atoms with Gasteiger partial charge < -0.3 is 5.11 Å². The Labute approximate surface area is 64.3 Å². The smallest absolute Gasteiger partial charge is 0.0847 e. The Bertz CT molecular complexity index is 76.5. The standard InChI is InChI=1S/C5H9BO.Rh/c1-4(6)3-5(2)7;/h3-4,7H,1-2H3;/b5-3-;. The maximum Gasteiger partial charge on any atom is 0.0847 e. The Hall–Kier alpha value is 0.228. The normalized spacial score (nSPS) is 14.5. The molecule has 0 rings (SSSR count). The summed E-state index contributed by atoms with van der Waals surface area (Å²) in [7, 11) is 5.26. The summed E-state index contributed by atoms with van der Waals surface area (Å²) in [4.78, 5) is 0. The van der Waals surface area contributed by atoms with Gasteiger partial charge in [0.2, 0.25) is 0 Å². The molecule has 0 fully saturated rings. The van der Waals surface area contributed by atoms with Crippen LogP contribution in [0.1, 0.15) is 13.8 Å². The summed E-state index contributed by atoms with van der Waals surface area (Å²) >= 11 is 0. The monoisotopic (exact) mass is 199 g/mol. The molecule has 1 atom stereocenters. The molecule has 0 bridgehead atoms. The molecule has 0 spiro atoms. The minimum Gasteiger partial charge on any atom is -0.513 e. The molecule has 0 amide bonds. The summed E-state index contributed by atoms with van der Waals surface area (Å²) in [6.07, 6.45) is 1.58. The van der Waals surface area contributed by atoms with Crippen LogP contribution in [0.4, 0.5) is 0 Å². The van der Waals surface area contributed by atoms with Crippen LogP contribution in [0.15, 0.2) is 11.8 Å². The van der Waals surface area contributed by atoms with Crippen molar-refractivity contribution in [3.05, 3.63) is 11.8 Å². The van der Waals surface area contributed by atoms with E-state index in [1.165, 1.54) is 0 Å². The molecule has 1 nitrogen and oxygen atoms in total. The first-order chi connectivity index (χ1) is 3.13. The van der Waals surface area contributed by atoms with Gasteiger partial charge >= 0.3 is 0 Å². The molecule has 0 saturated heterocycles. The Morgan fingerprint density at radius 1 is 1.75 bits per heavy atom. The van der Waals surface area contributed by atoms with Crippen LogP contribution in [0.2, 0.25) is 5.82 Å². The van der Waals surface area contributed by atoms with Crippen molar-refractivity contribution in [2.24, 2.45) is 0 Å². The number of allylic oxidation sites excluding steroid dienone is 2. The third-order valence-corrected chi connectivity index (χ3v) is 0.504. The summed E-state index contributed by atoms with van der Waals surface area (Å²) < 4.78 is 0. The molecule has 3 radical (unpaired) electrons. The van der Waals surface area contributed by atoms with E-state index in [-0.39, 0.29) is 31.1 Å². The molecule has 0 aromatic rings. The summed E-state index contributed by atoms with van der Waals surface area (Å²) in [6, 6.07) is 0. The van der Waals surface area contributed by atoms with E-state index >= 15 is 0 Å². The van der Waals surface area contributed by atoms with Crippen LogP contribution in [-0.4, -0.2) is 13.0 Å². The maximum atomic E-state index is 8.50. The van der Waals surface area contributed by atoms with Gasteiger partial charge in [0.25, 0.3) is 0 Å². The van der Waals surface area contributed by atoms with E-state index in [9.17, 15) is 0 Å². The van der Waals surface area contributed by atoms with E-state index in [1.807, 2.05) is 0 Å². The van der Waals surface area contributed by atoms with Gasteiger partial charge in [-0.1, -0.05) is 18.8 Å². The van der Waals surface area contributed by atoms with Crippen molar-refractivity contribution in [3.63, 3.8) is 0 Å². The van der Waals surface area contributed by atoms with Crippen LogP contribution >= 0.6 is 0 Å². The van der Waals surface area contributed by atoms with Gasteiger partial charge in [-0.3, -0.25) is 0 Å². The summed E-state index contributed by atoms with van der Waals surface area (Å²) in [5.74, 6) is 0.250. The number of hydrogen-bond acceptors (Lipinski definition) is 1. The van der Waals surface area contributed by atoms with Crippen molar-refractivity contribution in [3.8, 4) is 0 Å². The summed E-state index contributed by atoms with van der Waals surface area (Å²) in [5.41, 5.74) is 0. The molecule has 1 unspecified atom stereocenters. The zero-order valence-corrected chi connectivity index (χ0v) is 6.65. The van der Waals surface area contributed by atoms with Gasteiger partial charge in [-0.2, -0.15) is 0 Å². The quantitative estimate of drug-likeness (QED) is 0.500. The van der Waals surface area contributed by atoms with Gasteiger partial charge in [0, 0.05) is 19.5 Å². The van der Waals surface area contributed by atoms with Gasteiger partial charge in [0.1, 0.15) is 0 Å². The van der Waals surface area contributed by atoms with E-state index in [1.54, 1.807) is 19.9 Å². The molecule has 0 saturated carbocycles. The minimum absolute atomic E-state index is 0. The first-order valence-electron chi connectivity index (χ1n) is 2.26. The molecular weight excluding hydrogens is 190 g/mol. The van der Waals surface area contributed by atoms with Crippen LogP contribution < -0.4 is 0 Å². The predicted molar refractivity (Wildman–Crippen MR) is 31.6 cm³/mol. The predicted octanol–water partition coefficient (Wildman–Crippen LogP) is 1.42. The van der Waals surface area contributed by atoms with Crippen molar-refractivity contribution in [2.45, 2.75) is 19.7 Å². The molecular formula is C5H9BORh. The Kier molecular flexibility index (Phi) is 7.43. The zero-order chi connectivity index (χ0) is 5.86. The number of hydrogen-bond donors (Lipinski definition) is 1. The molecule has 8 heavy (non-hydrogen) atoms. The average Bonchev–Trinajstić information content (AvgIpc) is 1.27. The molecule has 0 heterocycles. The van der Waals surface area contributed by atoms with Crippen molar-refractivity contribution in [1.29, 1.82) is 0 Å². The van der Waals surface area contributed by atoms with E-state index in [0.717, 1.165) is 0 Å². The Balaban J connectivity index is 0. The molecule has 0 aromatic heterocycles. The minimum atomic E-state index is -0.0370. The molecule has 0 aliphatic rings. The molecule has 3 heteroatoms. The molecule has 0 aliphatic heterocycles. The van der Waals surface area contributed by atoms with E-state index < -0.39 is 0 Å². The first-order valence-corrected chi connectivity index (χ1v) is 2.26. The van der Waals surface area contributed by atoms with E-state index in [0.29, 0.717) is 0 Å². The van der Waals surface area contributed by atoms with Crippen LogP contribution in [-0.2, 0) is 19.5 Å². The number of aliphatic hydroxyl groups excluding tert-OH is 1. The van der Waals surface area contributed by atoms with Crippen LogP contribution in [0, 0.1) is 0 Å². The van der Waals surface area contributed by atoms with Crippen molar-refractivity contribution in [2.75, 3.05) is 0 Å².